The maximum absolute atomic E-state index is 5.70. The number of methoxy groups -OCH3 is 1. The predicted octanol–water partition coefficient (Wildman–Crippen LogP) is 6.83. The van der Waals surface area contributed by atoms with Gasteiger partial charge in [0.25, 0.3) is 0 Å². The zero-order valence-corrected chi connectivity index (χ0v) is 18.0. The summed E-state index contributed by atoms with van der Waals surface area (Å²) in [7, 11) is 1.75. The van der Waals surface area contributed by atoms with E-state index >= 15 is 0 Å². The standard InChI is InChI=1S/C25H23IO/c1-18-4-14-23(15-5-18)26(2)24-16-22-13-11-20-8-6-19(7-9-20)10-12-21(24)17-25(22)27-3/h4-17H,1-3H3/b12-10-,13-11-,19-10?,20-11?,21-12?,22-13?. The summed E-state index contributed by atoms with van der Waals surface area (Å²) in [4.78, 5) is 2.43. The first-order valence-corrected chi connectivity index (χ1v) is 13.3. The van der Waals surface area contributed by atoms with E-state index in [1.807, 2.05) is 0 Å². The van der Waals surface area contributed by atoms with Gasteiger partial charge >= 0.3 is 169 Å². The normalized spacial score (nSPS) is 15.0. The third kappa shape index (κ3) is 3.86. The van der Waals surface area contributed by atoms with Crippen molar-refractivity contribution in [2.24, 2.45) is 0 Å². The molecule has 0 saturated carbocycles. The van der Waals surface area contributed by atoms with Crippen LogP contribution in [0.3, 0.4) is 0 Å². The number of benzene rings is 3. The summed E-state index contributed by atoms with van der Waals surface area (Å²) >= 11 is -1.51. The van der Waals surface area contributed by atoms with Crippen molar-refractivity contribution < 1.29 is 4.74 Å². The van der Waals surface area contributed by atoms with Crippen molar-refractivity contribution in [2.75, 3.05) is 12.0 Å². The molecule has 0 radical (unpaired) electrons. The van der Waals surface area contributed by atoms with Gasteiger partial charge in [0, 0.05) is 0 Å². The van der Waals surface area contributed by atoms with Gasteiger partial charge in [0.05, 0.1) is 0 Å². The second-order valence-electron chi connectivity index (χ2n) is 6.72. The summed E-state index contributed by atoms with van der Waals surface area (Å²) in [5.41, 5.74) is 6.14. The van der Waals surface area contributed by atoms with Crippen molar-refractivity contribution in [3.63, 3.8) is 0 Å². The van der Waals surface area contributed by atoms with E-state index in [-0.39, 0.29) is 0 Å². The Morgan fingerprint density at radius 1 is 0.704 bits per heavy atom. The molecule has 3 aromatic rings. The first-order chi connectivity index (χ1) is 13.1. The van der Waals surface area contributed by atoms with Crippen LogP contribution in [0, 0.1) is 14.1 Å². The van der Waals surface area contributed by atoms with E-state index in [2.05, 4.69) is 96.8 Å². The molecule has 0 amide bonds. The Labute approximate surface area is 168 Å². The average molecular weight is 466 g/mol. The third-order valence-electron chi connectivity index (χ3n) is 4.84. The van der Waals surface area contributed by atoms with E-state index in [4.69, 9.17) is 4.74 Å². The van der Waals surface area contributed by atoms with E-state index < -0.39 is 19.8 Å². The molecule has 0 atom stereocenters. The minimum atomic E-state index is -1.51. The number of halogens is 1. The molecule has 2 heteroatoms. The molecule has 4 aliphatic carbocycles. The Kier molecular flexibility index (Phi) is 5.17. The monoisotopic (exact) mass is 466 g/mol. The number of aryl methyl sites for hydroxylation is 1. The predicted molar refractivity (Wildman–Crippen MR) is 126 cm³/mol. The Balaban J connectivity index is 1.89. The van der Waals surface area contributed by atoms with Crippen LogP contribution in [0.1, 0.15) is 27.8 Å². The molecule has 4 aliphatic rings. The Hall–Kier alpha value is -2.33. The number of rotatable bonds is 3. The van der Waals surface area contributed by atoms with Crippen LogP contribution in [0.2, 0.25) is 0 Å². The summed E-state index contributed by atoms with van der Waals surface area (Å²) in [5.74, 6) is 0.929. The fraction of sp³-hybridized carbons (Fsp3) is 0.120. The SMILES string of the molecule is COc1cc2c(I(C)c3ccc(C)cc3)cc1/C=C\c1ccc(cc1)/C=C\2. The van der Waals surface area contributed by atoms with Crippen molar-refractivity contribution in [3.8, 4) is 5.75 Å². The summed E-state index contributed by atoms with van der Waals surface area (Å²) < 4.78 is 8.65. The van der Waals surface area contributed by atoms with Crippen molar-refractivity contribution >= 4 is 44.1 Å². The van der Waals surface area contributed by atoms with Crippen LogP contribution in [0.4, 0.5) is 0 Å². The van der Waals surface area contributed by atoms with E-state index in [9.17, 15) is 0 Å². The first kappa shape index (κ1) is 18.1. The number of alkyl halides is 1. The van der Waals surface area contributed by atoms with Gasteiger partial charge in [-0.05, 0) is 0 Å². The zero-order valence-electron chi connectivity index (χ0n) is 15.9. The van der Waals surface area contributed by atoms with Crippen molar-refractivity contribution in [1.82, 2.24) is 0 Å². The number of ether oxygens (including phenoxy) is 1. The molecular formula is C25H23IO. The van der Waals surface area contributed by atoms with E-state index in [1.54, 1.807) is 7.11 Å². The van der Waals surface area contributed by atoms with Gasteiger partial charge in [-0.1, -0.05) is 0 Å². The first-order valence-electron chi connectivity index (χ1n) is 8.99. The van der Waals surface area contributed by atoms with Crippen molar-refractivity contribution in [1.29, 1.82) is 0 Å². The van der Waals surface area contributed by atoms with Gasteiger partial charge in [-0.3, -0.25) is 0 Å². The topological polar surface area (TPSA) is 9.23 Å². The second-order valence-corrected chi connectivity index (χ2v) is 11.8. The second kappa shape index (κ2) is 7.73. The van der Waals surface area contributed by atoms with Gasteiger partial charge in [0.15, 0.2) is 0 Å². The van der Waals surface area contributed by atoms with Crippen LogP contribution in [0.5, 0.6) is 5.75 Å². The van der Waals surface area contributed by atoms with Gasteiger partial charge in [-0.2, -0.15) is 0 Å². The number of hydrogen-bond donors (Lipinski definition) is 0. The molecule has 1 nitrogen and oxygen atoms in total. The maximum atomic E-state index is 5.70. The van der Waals surface area contributed by atoms with Gasteiger partial charge in [-0.25, -0.2) is 0 Å². The molecule has 4 bridgehead atoms. The molecule has 7 rings (SSSR count). The van der Waals surface area contributed by atoms with Gasteiger partial charge < -0.3 is 0 Å². The van der Waals surface area contributed by atoms with Gasteiger partial charge in [-0.15, -0.1) is 0 Å². The molecule has 0 heterocycles. The fourth-order valence-corrected chi connectivity index (χ4v) is 7.38. The van der Waals surface area contributed by atoms with Crippen LogP contribution in [0.25, 0.3) is 24.3 Å². The van der Waals surface area contributed by atoms with Crippen LogP contribution in [0.15, 0.2) is 60.7 Å². The molecule has 0 aliphatic heterocycles. The molecule has 0 aromatic heterocycles. The van der Waals surface area contributed by atoms with Crippen LogP contribution in [-0.2, 0) is 0 Å². The Bertz CT molecular complexity index is 1010. The molecule has 0 spiro atoms. The van der Waals surface area contributed by atoms with Crippen LogP contribution >= 0.6 is 19.8 Å². The Morgan fingerprint density at radius 2 is 1.30 bits per heavy atom. The summed E-state index contributed by atoms with van der Waals surface area (Å²) in [5, 5.41) is 0. The quantitative estimate of drug-likeness (QED) is 0.238. The molecular weight excluding hydrogens is 443 g/mol. The fourth-order valence-electron chi connectivity index (χ4n) is 3.19. The molecule has 136 valence electrons. The van der Waals surface area contributed by atoms with Crippen LogP contribution in [-0.4, -0.2) is 12.0 Å². The average Bonchev–Trinajstić information content (AvgIpc) is 2.69. The molecule has 3 aromatic carbocycles. The Morgan fingerprint density at radius 3 is 1.89 bits per heavy atom. The minimum absolute atomic E-state index is 0.929. The summed E-state index contributed by atoms with van der Waals surface area (Å²) in [6, 6.07) is 22.2. The molecule has 0 unspecified atom stereocenters. The summed E-state index contributed by atoms with van der Waals surface area (Å²) in [6.45, 7) is 2.14. The van der Waals surface area contributed by atoms with Gasteiger partial charge in [0.2, 0.25) is 0 Å². The van der Waals surface area contributed by atoms with Crippen LogP contribution < -0.4 is 4.74 Å². The van der Waals surface area contributed by atoms with Crippen molar-refractivity contribution in [3.05, 3.63) is 95.6 Å². The van der Waals surface area contributed by atoms with E-state index in [1.165, 1.54) is 29.4 Å². The number of hydrogen-bond acceptors (Lipinski definition) is 1. The summed E-state index contributed by atoms with van der Waals surface area (Å²) in [6.07, 6.45) is 8.78. The molecule has 0 saturated heterocycles. The van der Waals surface area contributed by atoms with E-state index in [0.717, 1.165) is 11.3 Å². The van der Waals surface area contributed by atoms with Gasteiger partial charge in [0.1, 0.15) is 0 Å². The molecule has 0 fully saturated rings. The molecule has 0 N–H and O–H groups in total. The van der Waals surface area contributed by atoms with Crippen molar-refractivity contribution in [2.45, 2.75) is 6.92 Å². The van der Waals surface area contributed by atoms with E-state index in [0.29, 0.717) is 0 Å². The zero-order chi connectivity index (χ0) is 18.8. The third-order valence-corrected chi connectivity index (χ3v) is 10.1. The molecule has 27 heavy (non-hydrogen) atoms.